The summed E-state index contributed by atoms with van der Waals surface area (Å²) < 4.78 is 48.8. The monoisotopic (exact) mass is 206 g/mol. The van der Waals surface area contributed by atoms with Crippen LogP contribution in [0.4, 0.5) is 17.6 Å². The first-order chi connectivity index (χ1) is 6.32. The fourth-order valence-electron chi connectivity index (χ4n) is 0.876. The molecule has 1 rings (SSSR count). The molecule has 1 aromatic carbocycles. The first kappa shape index (κ1) is 10.5. The third-order valence-electron chi connectivity index (χ3n) is 1.54. The quantitative estimate of drug-likeness (QED) is 0.649. The van der Waals surface area contributed by atoms with Crippen molar-refractivity contribution in [1.82, 2.24) is 5.73 Å². The molecule has 1 radical (unpaired) electrons. The van der Waals surface area contributed by atoms with Crippen LogP contribution in [0.5, 0.6) is 0 Å². The van der Waals surface area contributed by atoms with Crippen LogP contribution in [0.25, 0.3) is 0 Å². The van der Waals surface area contributed by atoms with Gasteiger partial charge < -0.3 is 0 Å². The fourth-order valence-corrected chi connectivity index (χ4v) is 0.876. The largest absolute Gasteiger partial charge is 0.416 e. The van der Waals surface area contributed by atoms with Crippen LogP contribution >= 0.6 is 0 Å². The highest BCUT2D eigenvalue weighted by atomic mass is 19.4. The van der Waals surface area contributed by atoms with Crippen LogP contribution < -0.4 is 5.73 Å². The third-order valence-corrected chi connectivity index (χ3v) is 1.54. The number of rotatable bonds is 1. The summed E-state index contributed by atoms with van der Waals surface area (Å²) in [4.78, 5) is 10.4. The topological polar surface area (TPSA) is 40.9 Å². The molecule has 1 aromatic rings. The van der Waals surface area contributed by atoms with Gasteiger partial charge in [0.2, 0.25) is 0 Å². The summed E-state index contributed by atoms with van der Waals surface area (Å²) in [6, 6.07) is 1.40. The van der Waals surface area contributed by atoms with Crippen molar-refractivity contribution < 1.29 is 22.4 Å². The summed E-state index contributed by atoms with van der Waals surface area (Å²) in [6.07, 6.45) is -4.65. The summed E-state index contributed by atoms with van der Waals surface area (Å²) in [6.45, 7) is 0. The second-order valence-electron chi connectivity index (χ2n) is 2.52. The van der Waals surface area contributed by atoms with Crippen molar-refractivity contribution in [3.8, 4) is 0 Å². The smallest absolute Gasteiger partial charge is 0.267 e. The van der Waals surface area contributed by atoms with Crippen LogP contribution in [-0.4, -0.2) is 5.91 Å². The lowest BCUT2D eigenvalue weighted by molar-refractivity contribution is -0.137. The second kappa shape index (κ2) is 3.28. The molecule has 14 heavy (non-hydrogen) atoms. The van der Waals surface area contributed by atoms with E-state index in [-0.39, 0.29) is 6.07 Å². The molecule has 1 N–H and O–H groups in total. The Morgan fingerprint density at radius 1 is 1.29 bits per heavy atom. The van der Waals surface area contributed by atoms with Crippen LogP contribution in [0.15, 0.2) is 18.2 Å². The van der Waals surface area contributed by atoms with E-state index in [0.717, 1.165) is 0 Å². The number of carbonyl (C=O) groups is 1. The highest BCUT2D eigenvalue weighted by molar-refractivity contribution is 5.92. The van der Waals surface area contributed by atoms with Gasteiger partial charge in [0.15, 0.2) is 0 Å². The minimum atomic E-state index is -4.65. The number of benzene rings is 1. The van der Waals surface area contributed by atoms with Gasteiger partial charge in [-0.3, -0.25) is 10.5 Å². The van der Waals surface area contributed by atoms with Crippen LogP contribution in [0.3, 0.4) is 0 Å². The molecule has 0 bridgehead atoms. The number of halogens is 4. The Morgan fingerprint density at radius 3 is 2.21 bits per heavy atom. The zero-order chi connectivity index (χ0) is 10.9. The molecule has 0 heterocycles. The number of alkyl halides is 3. The zero-order valence-electron chi connectivity index (χ0n) is 6.65. The van der Waals surface area contributed by atoms with Crippen LogP contribution in [0.1, 0.15) is 15.9 Å². The van der Waals surface area contributed by atoms with Gasteiger partial charge in [-0.2, -0.15) is 13.2 Å². The van der Waals surface area contributed by atoms with E-state index in [1.165, 1.54) is 0 Å². The summed E-state index contributed by atoms with van der Waals surface area (Å²) in [5, 5.41) is 0. The molecule has 0 fully saturated rings. The van der Waals surface area contributed by atoms with Gasteiger partial charge in [0, 0.05) is 0 Å². The van der Waals surface area contributed by atoms with E-state index in [1.807, 2.05) is 0 Å². The summed E-state index contributed by atoms with van der Waals surface area (Å²) in [7, 11) is 0. The number of hydrogen-bond acceptors (Lipinski definition) is 1. The number of carbonyl (C=O) groups excluding carboxylic acids is 1. The Balaban J connectivity index is 3.20. The molecule has 0 spiro atoms. The lowest BCUT2D eigenvalue weighted by Gasteiger charge is -2.06. The number of amides is 1. The van der Waals surface area contributed by atoms with Crippen molar-refractivity contribution in [3.63, 3.8) is 0 Å². The minimum absolute atomic E-state index is 0.196. The second-order valence-corrected chi connectivity index (χ2v) is 2.52. The average molecular weight is 206 g/mol. The Bertz CT molecular complexity index is 372. The third kappa shape index (κ3) is 2.01. The van der Waals surface area contributed by atoms with Crippen molar-refractivity contribution in [2.75, 3.05) is 0 Å². The summed E-state index contributed by atoms with van der Waals surface area (Å²) in [5.74, 6) is -2.68. The Morgan fingerprint density at radius 2 is 1.86 bits per heavy atom. The van der Waals surface area contributed by atoms with Gasteiger partial charge in [-0.25, -0.2) is 4.39 Å². The van der Waals surface area contributed by atoms with E-state index in [1.54, 1.807) is 0 Å². The van der Waals surface area contributed by atoms with Crippen molar-refractivity contribution in [2.45, 2.75) is 6.18 Å². The molecule has 2 nitrogen and oxygen atoms in total. The van der Waals surface area contributed by atoms with Gasteiger partial charge in [0.25, 0.3) is 5.91 Å². The summed E-state index contributed by atoms with van der Waals surface area (Å²) >= 11 is 0. The Labute approximate surface area is 76.3 Å². The maximum absolute atomic E-state index is 12.8. The zero-order valence-corrected chi connectivity index (χ0v) is 6.65. The van der Waals surface area contributed by atoms with Crippen molar-refractivity contribution in [1.29, 1.82) is 0 Å². The highest BCUT2D eigenvalue weighted by Gasteiger charge is 2.31. The molecule has 0 saturated heterocycles. The molecule has 0 unspecified atom stereocenters. The average Bonchev–Trinajstić information content (AvgIpc) is 2.01. The van der Waals surface area contributed by atoms with Crippen LogP contribution in [0.2, 0.25) is 0 Å². The molecule has 0 aliphatic heterocycles. The highest BCUT2D eigenvalue weighted by Crippen LogP contribution is 2.30. The lowest BCUT2D eigenvalue weighted by atomic mass is 10.1. The van der Waals surface area contributed by atoms with Crippen molar-refractivity contribution in [2.24, 2.45) is 0 Å². The predicted molar refractivity (Wildman–Crippen MR) is 38.8 cm³/mol. The summed E-state index contributed by atoms with van der Waals surface area (Å²) in [5.41, 5.74) is 4.68. The maximum Gasteiger partial charge on any atom is 0.416 e. The molecular formula is C8H4F4NO. The van der Waals surface area contributed by atoms with Gasteiger partial charge >= 0.3 is 6.18 Å². The maximum atomic E-state index is 12.8. The molecule has 75 valence electrons. The molecule has 1 amide bonds. The molecule has 0 aliphatic carbocycles. The molecule has 0 aromatic heterocycles. The van der Waals surface area contributed by atoms with Gasteiger partial charge in [0.1, 0.15) is 5.82 Å². The van der Waals surface area contributed by atoms with E-state index in [0.29, 0.717) is 12.1 Å². The normalized spacial score (nSPS) is 11.4. The lowest BCUT2D eigenvalue weighted by Crippen LogP contribution is -2.08. The van der Waals surface area contributed by atoms with Crippen LogP contribution in [0, 0.1) is 5.82 Å². The Kier molecular flexibility index (Phi) is 2.46. The molecular weight excluding hydrogens is 202 g/mol. The molecule has 0 atom stereocenters. The van der Waals surface area contributed by atoms with Crippen LogP contribution in [-0.2, 0) is 6.18 Å². The van der Waals surface area contributed by atoms with Gasteiger partial charge in [0.05, 0.1) is 11.1 Å². The molecule has 0 aliphatic rings. The fraction of sp³-hybridized carbons (Fsp3) is 0.125. The first-order valence-corrected chi connectivity index (χ1v) is 3.45. The van der Waals surface area contributed by atoms with Gasteiger partial charge in [-0.05, 0) is 18.2 Å². The number of nitrogens with one attached hydrogen (secondary N) is 1. The predicted octanol–water partition coefficient (Wildman–Crippen LogP) is 2.27. The van der Waals surface area contributed by atoms with Gasteiger partial charge in [-0.15, -0.1) is 0 Å². The van der Waals surface area contributed by atoms with E-state index < -0.39 is 29.0 Å². The van der Waals surface area contributed by atoms with E-state index in [9.17, 15) is 22.4 Å². The molecule has 0 saturated carbocycles. The van der Waals surface area contributed by atoms with E-state index in [4.69, 9.17) is 5.73 Å². The first-order valence-electron chi connectivity index (χ1n) is 3.45. The van der Waals surface area contributed by atoms with Crippen molar-refractivity contribution >= 4 is 5.91 Å². The van der Waals surface area contributed by atoms with E-state index in [2.05, 4.69) is 0 Å². The van der Waals surface area contributed by atoms with Gasteiger partial charge in [-0.1, -0.05) is 0 Å². The standard InChI is InChI=1S/C8H4F4NO/c9-6-3-4(8(10,11)12)1-2-5(6)7(13)14/h1-3,13H. The minimum Gasteiger partial charge on any atom is -0.267 e. The molecule has 6 heteroatoms. The van der Waals surface area contributed by atoms with Crippen molar-refractivity contribution in [3.05, 3.63) is 35.1 Å². The SMILES string of the molecule is [NH]C(=O)c1ccc(C(F)(F)F)cc1F. The van der Waals surface area contributed by atoms with E-state index >= 15 is 0 Å². The Hall–Kier alpha value is -1.59. The number of hydrogen-bond donors (Lipinski definition) is 0.